The summed E-state index contributed by atoms with van der Waals surface area (Å²) in [5.74, 6) is 1.93. The third kappa shape index (κ3) is 2.98. The van der Waals surface area contributed by atoms with E-state index in [4.69, 9.17) is 5.73 Å². The van der Waals surface area contributed by atoms with E-state index in [0.29, 0.717) is 11.6 Å². The topological polar surface area (TPSA) is 63.8 Å². The molecule has 5 heteroatoms. The second-order valence-electron chi connectivity index (χ2n) is 4.06. The van der Waals surface area contributed by atoms with Crippen molar-refractivity contribution in [2.75, 3.05) is 11.1 Å². The SMILES string of the molecule is CCc1nc(N)cc(Nc2cc(C)ccc2Br)n1. The number of nitrogens with one attached hydrogen (secondary N) is 1. The molecule has 0 saturated carbocycles. The highest BCUT2D eigenvalue weighted by Crippen LogP contribution is 2.26. The van der Waals surface area contributed by atoms with Crippen molar-refractivity contribution in [3.05, 3.63) is 40.1 Å². The van der Waals surface area contributed by atoms with E-state index in [1.54, 1.807) is 6.07 Å². The fourth-order valence-electron chi connectivity index (χ4n) is 1.61. The number of rotatable bonds is 3. The van der Waals surface area contributed by atoms with Gasteiger partial charge in [-0.2, -0.15) is 0 Å². The van der Waals surface area contributed by atoms with Crippen LogP contribution in [0.25, 0.3) is 0 Å². The molecule has 0 aliphatic rings. The van der Waals surface area contributed by atoms with Crippen LogP contribution in [0.4, 0.5) is 17.3 Å². The lowest BCUT2D eigenvalue weighted by molar-refractivity contribution is 0.948. The van der Waals surface area contributed by atoms with Crippen LogP contribution in [-0.4, -0.2) is 9.97 Å². The summed E-state index contributed by atoms with van der Waals surface area (Å²) < 4.78 is 0.989. The quantitative estimate of drug-likeness (QED) is 0.912. The fraction of sp³-hybridized carbons (Fsp3) is 0.231. The summed E-state index contributed by atoms with van der Waals surface area (Å²) >= 11 is 3.50. The van der Waals surface area contributed by atoms with Crippen LogP contribution in [0.15, 0.2) is 28.7 Å². The third-order valence-electron chi connectivity index (χ3n) is 2.49. The zero-order valence-electron chi connectivity index (χ0n) is 10.4. The monoisotopic (exact) mass is 306 g/mol. The van der Waals surface area contributed by atoms with Crippen LogP contribution < -0.4 is 11.1 Å². The van der Waals surface area contributed by atoms with Crippen molar-refractivity contribution in [3.8, 4) is 0 Å². The maximum atomic E-state index is 5.75. The molecular formula is C13H15BrN4. The molecule has 1 heterocycles. The van der Waals surface area contributed by atoms with E-state index in [9.17, 15) is 0 Å². The van der Waals surface area contributed by atoms with Crippen molar-refractivity contribution in [3.63, 3.8) is 0 Å². The highest BCUT2D eigenvalue weighted by molar-refractivity contribution is 9.10. The molecule has 0 aliphatic carbocycles. The number of halogens is 1. The summed E-state index contributed by atoms with van der Waals surface area (Å²) in [5.41, 5.74) is 7.90. The van der Waals surface area contributed by atoms with Gasteiger partial charge < -0.3 is 11.1 Å². The van der Waals surface area contributed by atoms with Crippen molar-refractivity contribution in [2.45, 2.75) is 20.3 Å². The summed E-state index contributed by atoms with van der Waals surface area (Å²) in [7, 11) is 0. The van der Waals surface area contributed by atoms with E-state index in [0.717, 1.165) is 22.4 Å². The maximum absolute atomic E-state index is 5.75. The predicted octanol–water partition coefficient (Wildman–Crippen LogP) is 3.44. The molecule has 0 amide bonds. The van der Waals surface area contributed by atoms with Crippen molar-refractivity contribution >= 4 is 33.3 Å². The standard InChI is InChI=1S/C13H15BrN4/c1-3-12-17-11(15)7-13(18-12)16-10-6-8(2)4-5-9(10)14/h4-7H,3H2,1-2H3,(H3,15,16,17,18). The molecule has 0 bridgehead atoms. The minimum Gasteiger partial charge on any atom is -0.384 e. The van der Waals surface area contributed by atoms with E-state index >= 15 is 0 Å². The predicted molar refractivity (Wildman–Crippen MR) is 78.0 cm³/mol. The zero-order valence-corrected chi connectivity index (χ0v) is 12.0. The van der Waals surface area contributed by atoms with Crippen LogP contribution in [0, 0.1) is 6.92 Å². The molecule has 0 aliphatic heterocycles. The molecule has 0 saturated heterocycles. The number of nitrogens with two attached hydrogens (primary N) is 1. The number of anilines is 3. The van der Waals surface area contributed by atoms with Gasteiger partial charge in [-0.05, 0) is 40.5 Å². The number of benzene rings is 1. The Morgan fingerprint density at radius 3 is 2.78 bits per heavy atom. The highest BCUT2D eigenvalue weighted by atomic mass is 79.9. The van der Waals surface area contributed by atoms with Crippen LogP contribution >= 0.6 is 15.9 Å². The van der Waals surface area contributed by atoms with Crippen molar-refractivity contribution in [1.82, 2.24) is 9.97 Å². The number of hydrogen-bond acceptors (Lipinski definition) is 4. The fourth-order valence-corrected chi connectivity index (χ4v) is 1.96. The molecule has 94 valence electrons. The number of aromatic nitrogens is 2. The molecule has 0 spiro atoms. The largest absolute Gasteiger partial charge is 0.384 e. The Morgan fingerprint density at radius 1 is 1.28 bits per heavy atom. The van der Waals surface area contributed by atoms with Gasteiger partial charge in [0.2, 0.25) is 0 Å². The molecule has 2 aromatic rings. The normalized spacial score (nSPS) is 10.4. The summed E-state index contributed by atoms with van der Waals surface area (Å²) in [4.78, 5) is 8.54. The Balaban J connectivity index is 2.33. The van der Waals surface area contributed by atoms with Crippen LogP contribution in [0.1, 0.15) is 18.3 Å². The summed E-state index contributed by atoms with van der Waals surface area (Å²) in [5, 5.41) is 3.25. The van der Waals surface area contributed by atoms with Crippen LogP contribution in [0.3, 0.4) is 0 Å². The van der Waals surface area contributed by atoms with E-state index in [1.807, 2.05) is 32.0 Å². The molecule has 3 N–H and O–H groups in total. The second-order valence-corrected chi connectivity index (χ2v) is 4.91. The van der Waals surface area contributed by atoms with Gasteiger partial charge in [0.25, 0.3) is 0 Å². The van der Waals surface area contributed by atoms with Crippen molar-refractivity contribution < 1.29 is 0 Å². The highest BCUT2D eigenvalue weighted by Gasteiger charge is 2.04. The number of hydrogen-bond donors (Lipinski definition) is 2. The minimum atomic E-state index is 0.480. The van der Waals surface area contributed by atoms with E-state index in [-0.39, 0.29) is 0 Å². The third-order valence-corrected chi connectivity index (χ3v) is 3.18. The number of nitrogen functional groups attached to an aromatic ring is 1. The zero-order chi connectivity index (χ0) is 13.1. The average molecular weight is 307 g/mol. The molecule has 4 nitrogen and oxygen atoms in total. The second kappa shape index (κ2) is 5.35. The Morgan fingerprint density at radius 2 is 2.06 bits per heavy atom. The lowest BCUT2D eigenvalue weighted by Crippen LogP contribution is -2.03. The van der Waals surface area contributed by atoms with E-state index in [1.165, 1.54) is 5.56 Å². The first-order valence-corrected chi connectivity index (χ1v) is 6.54. The van der Waals surface area contributed by atoms with Crippen molar-refractivity contribution in [1.29, 1.82) is 0 Å². The molecule has 18 heavy (non-hydrogen) atoms. The van der Waals surface area contributed by atoms with Crippen LogP contribution in [0.5, 0.6) is 0 Å². The first-order chi connectivity index (χ1) is 8.58. The molecule has 0 fully saturated rings. The van der Waals surface area contributed by atoms with Crippen LogP contribution in [-0.2, 0) is 6.42 Å². The molecule has 0 atom stereocenters. The lowest BCUT2D eigenvalue weighted by Gasteiger charge is -2.10. The molecule has 2 rings (SSSR count). The smallest absolute Gasteiger partial charge is 0.136 e. The molecule has 1 aromatic heterocycles. The first kappa shape index (κ1) is 12.8. The maximum Gasteiger partial charge on any atom is 0.136 e. The Kier molecular flexibility index (Phi) is 3.81. The van der Waals surface area contributed by atoms with Gasteiger partial charge >= 0.3 is 0 Å². The lowest BCUT2D eigenvalue weighted by atomic mass is 10.2. The molecule has 1 aromatic carbocycles. The van der Waals surface area contributed by atoms with Gasteiger partial charge in [0, 0.05) is 17.0 Å². The van der Waals surface area contributed by atoms with Gasteiger partial charge in [0.1, 0.15) is 17.5 Å². The van der Waals surface area contributed by atoms with Gasteiger partial charge in [-0.1, -0.05) is 13.0 Å². The van der Waals surface area contributed by atoms with Crippen LogP contribution in [0.2, 0.25) is 0 Å². The minimum absolute atomic E-state index is 0.480. The van der Waals surface area contributed by atoms with Crippen molar-refractivity contribution in [2.24, 2.45) is 0 Å². The van der Waals surface area contributed by atoms with Gasteiger partial charge in [-0.3, -0.25) is 0 Å². The Hall–Kier alpha value is -1.62. The Bertz CT molecular complexity index is 569. The van der Waals surface area contributed by atoms with Gasteiger partial charge in [-0.15, -0.1) is 0 Å². The molecular weight excluding hydrogens is 292 g/mol. The summed E-state index contributed by atoms with van der Waals surface area (Å²) in [6.07, 6.45) is 0.759. The number of aryl methyl sites for hydroxylation is 2. The molecule has 0 unspecified atom stereocenters. The Labute approximate surface area is 115 Å². The summed E-state index contributed by atoms with van der Waals surface area (Å²) in [6.45, 7) is 4.05. The summed E-state index contributed by atoms with van der Waals surface area (Å²) in [6, 6.07) is 7.83. The van der Waals surface area contributed by atoms with Gasteiger partial charge in [-0.25, -0.2) is 9.97 Å². The van der Waals surface area contributed by atoms with E-state index in [2.05, 4.69) is 31.2 Å². The molecule has 0 radical (unpaired) electrons. The average Bonchev–Trinajstić information content (AvgIpc) is 2.33. The van der Waals surface area contributed by atoms with E-state index < -0.39 is 0 Å². The number of nitrogens with zero attached hydrogens (tertiary/aromatic N) is 2. The first-order valence-electron chi connectivity index (χ1n) is 5.75. The van der Waals surface area contributed by atoms with Gasteiger partial charge in [0.15, 0.2) is 0 Å². The van der Waals surface area contributed by atoms with Gasteiger partial charge in [0.05, 0.1) is 5.69 Å².